The Kier molecular flexibility index (Phi) is 7.19. The first kappa shape index (κ1) is 17.5. The Morgan fingerprint density at radius 3 is 2.33 bits per heavy atom. The highest BCUT2D eigenvalue weighted by molar-refractivity contribution is 5.70. The van der Waals surface area contributed by atoms with Crippen molar-refractivity contribution in [1.82, 2.24) is 5.32 Å². The van der Waals surface area contributed by atoms with Gasteiger partial charge in [0.2, 0.25) is 0 Å². The fraction of sp³-hybridized carbons (Fsp3) is 0.562. The highest BCUT2D eigenvalue weighted by atomic mass is 16.5. The molecular weight excluding hydrogens is 270 g/mol. The maximum absolute atomic E-state index is 11.5. The second-order valence-electron chi connectivity index (χ2n) is 5.41. The maximum Gasteiger partial charge on any atom is 0.307 e. The molecule has 2 N–H and O–H groups in total. The van der Waals surface area contributed by atoms with E-state index < -0.39 is 6.10 Å². The van der Waals surface area contributed by atoms with Gasteiger partial charge in [-0.15, -0.1) is 0 Å². The average Bonchev–Trinajstić information content (AvgIpc) is 2.50. The number of hydrogen-bond donors (Lipinski definition) is 2. The molecule has 0 aromatic heterocycles. The molecule has 2 unspecified atom stereocenters. The Morgan fingerprint density at radius 1 is 1.24 bits per heavy atom. The predicted molar refractivity (Wildman–Crippen MR) is 81.2 cm³/mol. The summed E-state index contributed by atoms with van der Waals surface area (Å²) in [5.41, 5.74) is 0.737. The van der Waals surface area contributed by atoms with E-state index in [9.17, 15) is 9.90 Å². The van der Waals surface area contributed by atoms with Crippen LogP contribution in [0.2, 0.25) is 0 Å². The summed E-state index contributed by atoms with van der Waals surface area (Å²) in [6.07, 6.45) is -0.662. The van der Waals surface area contributed by atoms with Crippen molar-refractivity contribution >= 4 is 5.97 Å². The van der Waals surface area contributed by atoms with Crippen LogP contribution in [0.1, 0.15) is 31.9 Å². The summed E-state index contributed by atoms with van der Waals surface area (Å²) < 4.78 is 9.80. The second-order valence-corrected chi connectivity index (χ2v) is 5.41. The molecule has 0 radical (unpaired) electrons. The first-order chi connectivity index (χ1) is 9.97. The van der Waals surface area contributed by atoms with Crippen molar-refractivity contribution < 1.29 is 19.4 Å². The van der Waals surface area contributed by atoms with Crippen LogP contribution in [-0.4, -0.2) is 37.9 Å². The van der Waals surface area contributed by atoms with Gasteiger partial charge in [0.05, 0.1) is 26.7 Å². The van der Waals surface area contributed by atoms with E-state index in [-0.39, 0.29) is 18.4 Å². The van der Waals surface area contributed by atoms with E-state index >= 15 is 0 Å². The van der Waals surface area contributed by atoms with E-state index in [0.29, 0.717) is 5.92 Å². The van der Waals surface area contributed by atoms with Crippen molar-refractivity contribution in [3.05, 3.63) is 29.8 Å². The number of carbonyl (C=O) groups excluding carboxylic acids is 1. The van der Waals surface area contributed by atoms with Gasteiger partial charge in [-0.05, 0) is 30.2 Å². The van der Waals surface area contributed by atoms with E-state index in [4.69, 9.17) is 9.47 Å². The summed E-state index contributed by atoms with van der Waals surface area (Å²) in [6, 6.07) is 6.79. The SMILES string of the molecule is COC(=O)CC(NCC(C)C)C(O)c1ccc(OC)cc1. The van der Waals surface area contributed by atoms with Crippen LogP contribution in [0, 0.1) is 5.92 Å². The minimum atomic E-state index is -0.784. The van der Waals surface area contributed by atoms with Crippen molar-refractivity contribution in [2.24, 2.45) is 5.92 Å². The number of methoxy groups -OCH3 is 2. The summed E-state index contributed by atoms with van der Waals surface area (Å²) in [4.78, 5) is 11.5. The second kappa shape index (κ2) is 8.64. The Morgan fingerprint density at radius 2 is 1.86 bits per heavy atom. The normalized spacial score (nSPS) is 13.8. The molecule has 5 nitrogen and oxygen atoms in total. The molecule has 21 heavy (non-hydrogen) atoms. The monoisotopic (exact) mass is 295 g/mol. The van der Waals surface area contributed by atoms with Gasteiger partial charge in [-0.2, -0.15) is 0 Å². The number of hydrogen-bond acceptors (Lipinski definition) is 5. The zero-order chi connectivity index (χ0) is 15.8. The van der Waals surface area contributed by atoms with E-state index in [0.717, 1.165) is 17.9 Å². The highest BCUT2D eigenvalue weighted by Crippen LogP contribution is 2.22. The fourth-order valence-electron chi connectivity index (χ4n) is 1.98. The van der Waals surface area contributed by atoms with Crippen LogP contribution in [0.25, 0.3) is 0 Å². The van der Waals surface area contributed by atoms with E-state index in [1.807, 2.05) is 0 Å². The van der Waals surface area contributed by atoms with Crippen molar-refractivity contribution in [3.63, 3.8) is 0 Å². The van der Waals surface area contributed by atoms with Gasteiger partial charge < -0.3 is 19.9 Å². The number of benzene rings is 1. The number of aliphatic hydroxyl groups is 1. The lowest BCUT2D eigenvalue weighted by atomic mass is 9.99. The molecule has 5 heteroatoms. The summed E-state index contributed by atoms with van der Waals surface area (Å²) in [5.74, 6) is 0.808. The van der Waals surface area contributed by atoms with Gasteiger partial charge in [0.1, 0.15) is 5.75 Å². The number of aliphatic hydroxyl groups excluding tert-OH is 1. The lowest BCUT2D eigenvalue weighted by molar-refractivity contribution is -0.142. The number of carbonyl (C=O) groups is 1. The molecular formula is C16H25NO4. The van der Waals surface area contributed by atoms with Gasteiger partial charge >= 0.3 is 5.97 Å². The first-order valence-corrected chi connectivity index (χ1v) is 7.10. The minimum Gasteiger partial charge on any atom is -0.497 e. The van der Waals surface area contributed by atoms with Gasteiger partial charge in [-0.1, -0.05) is 26.0 Å². The van der Waals surface area contributed by atoms with Gasteiger partial charge in [-0.25, -0.2) is 0 Å². The minimum absolute atomic E-state index is 0.121. The van der Waals surface area contributed by atoms with Crippen LogP contribution in [0.5, 0.6) is 5.75 Å². The zero-order valence-corrected chi connectivity index (χ0v) is 13.1. The summed E-state index contributed by atoms with van der Waals surface area (Å²) in [6.45, 7) is 4.86. The third-order valence-electron chi connectivity index (χ3n) is 3.24. The Balaban J connectivity index is 2.80. The van der Waals surface area contributed by atoms with Gasteiger partial charge in [-0.3, -0.25) is 4.79 Å². The van der Waals surface area contributed by atoms with Crippen molar-refractivity contribution in [2.75, 3.05) is 20.8 Å². The van der Waals surface area contributed by atoms with Crippen LogP contribution < -0.4 is 10.1 Å². The number of ether oxygens (including phenoxy) is 2. The smallest absolute Gasteiger partial charge is 0.307 e. The molecule has 0 amide bonds. The molecule has 0 saturated heterocycles. The van der Waals surface area contributed by atoms with E-state index in [1.165, 1.54) is 7.11 Å². The molecule has 1 aromatic rings. The molecule has 0 saturated carbocycles. The van der Waals surface area contributed by atoms with Crippen molar-refractivity contribution in [2.45, 2.75) is 32.4 Å². The predicted octanol–water partition coefficient (Wildman–Crippen LogP) is 1.91. The fourth-order valence-corrected chi connectivity index (χ4v) is 1.98. The molecule has 0 aliphatic rings. The van der Waals surface area contributed by atoms with Gasteiger partial charge in [0, 0.05) is 6.04 Å². The maximum atomic E-state index is 11.5. The molecule has 0 heterocycles. The van der Waals surface area contributed by atoms with Gasteiger partial charge in [0.25, 0.3) is 0 Å². The highest BCUT2D eigenvalue weighted by Gasteiger charge is 2.24. The van der Waals surface area contributed by atoms with Crippen LogP contribution >= 0.6 is 0 Å². The lowest BCUT2D eigenvalue weighted by Gasteiger charge is -2.24. The van der Waals surface area contributed by atoms with Crippen LogP contribution in [0.15, 0.2) is 24.3 Å². The van der Waals surface area contributed by atoms with Crippen LogP contribution in [0.3, 0.4) is 0 Å². The molecule has 2 atom stereocenters. The number of nitrogens with one attached hydrogen (secondary N) is 1. The molecule has 1 rings (SSSR count). The summed E-state index contributed by atoms with van der Waals surface area (Å²) in [7, 11) is 2.94. The molecule has 0 bridgehead atoms. The topological polar surface area (TPSA) is 67.8 Å². The van der Waals surface area contributed by atoms with Gasteiger partial charge in [0.15, 0.2) is 0 Å². The summed E-state index contributed by atoms with van der Waals surface area (Å²) in [5, 5.41) is 13.7. The Bertz CT molecular complexity index is 430. The molecule has 0 spiro atoms. The standard InChI is InChI=1S/C16H25NO4/c1-11(2)10-17-14(9-15(18)21-4)16(19)12-5-7-13(20-3)8-6-12/h5-8,11,14,16-17,19H,9-10H2,1-4H3. The Hall–Kier alpha value is -1.59. The number of esters is 1. The average molecular weight is 295 g/mol. The quantitative estimate of drug-likeness (QED) is 0.717. The third-order valence-corrected chi connectivity index (χ3v) is 3.24. The number of rotatable bonds is 8. The molecule has 1 aromatic carbocycles. The van der Waals surface area contributed by atoms with Crippen molar-refractivity contribution in [3.8, 4) is 5.75 Å². The Labute approximate surface area is 126 Å². The molecule has 118 valence electrons. The van der Waals surface area contributed by atoms with E-state index in [2.05, 4.69) is 19.2 Å². The van der Waals surface area contributed by atoms with E-state index in [1.54, 1.807) is 31.4 Å². The molecule has 0 fully saturated rings. The summed E-state index contributed by atoms with van der Waals surface area (Å²) >= 11 is 0. The lowest BCUT2D eigenvalue weighted by Crippen LogP contribution is -2.39. The first-order valence-electron chi connectivity index (χ1n) is 7.10. The van der Waals surface area contributed by atoms with Crippen LogP contribution in [0.4, 0.5) is 0 Å². The van der Waals surface area contributed by atoms with Crippen molar-refractivity contribution in [1.29, 1.82) is 0 Å². The molecule has 0 aliphatic carbocycles. The third kappa shape index (κ3) is 5.73. The molecule has 0 aliphatic heterocycles. The largest absolute Gasteiger partial charge is 0.497 e. The van der Waals surface area contributed by atoms with Crippen LogP contribution in [-0.2, 0) is 9.53 Å². The zero-order valence-electron chi connectivity index (χ0n) is 13.1.